The molecule has 0 N–H and O–H groups in total. The molecule has 0 amide bonds. The Labute approximate surface area is 92.7 Å². The predicted molar refractivity (Wildman–Crippen MR) is 62.2 cm³/mol. The van der Waals surface area contributed by atoms with E-state index >= 15 is 0 Å². The molecule has 0 aliphatic carbocycles. The standard InChI is InChI=1S/C11H12BrCl/c1-8-5-10(4-3-9(2)13)7-11(12)6-8/h5-7H,2-4H2,1H3. The average Bonchev–Trinajstić information content (AvgIpc) is 1.99. The van der Waals surface area contributed by atoms with Gasteiger partial charge in [-0.3, -0.25) is 0 Å². The molecule has 0 aliphatic heterocycles. The highest BCUT2D eigenvalue weighted by Gasteiger charge is 1.97. The number of rotatable bonds is 3. The lowest BCUT2D eigenvalue weighted by molar-refractivity contribution is 0.985. The zero-order valence-electron chi connectivity index (χ0n) is 7.61. The van der Waals surface area contributed by atoms with Gasteiger partial charge in [-0.2, -0.15) is 0 Å². The molecule has 13 heavy (non-hydrogen) atoms. The first-order valence-corrected chi connectivity index (χ1v) is 5.34. The summed E-state index contributed by atoms with van der Waals surface area (Å²) >= 11 is 9.17. The summed E-state index contributed by atoms with van der Waals surface area (Å²) in [5, 5.41) is 0.720. The Bertz CT molecular complexity index is 298. The van der Waals surface area contributed by atoms with Crippen LogP contribution < -0.4 is 0 Å². The lowest BCUT2D eigenvalue weighted by Crippen LogP contribution is -1.86. The Morgan fingerprint density at radius 3 is 2.69 bits per heavy atom. The quantitative estimate of drug-likeness (QED) is 0.753. The van der Waals surface area contributed by atoms with Crippen molar-refractivity contribution in [3.05, 3.63) is 45.4 Å². The second-order valence-corrected chi connectivity index (χ2v) is 4.60. The normalized spacial score (nSPS) is 10.1. The van der Waals surface area contributed by atoms with Gasteiger partial charge in [-0.15, -0.1) is 0 Å². The van der Waals surface area contributed by atoms with Crippen LogP contribution in [0, 0.1) is 6.92 Å². The van der Waals surface area contributed by atoms with Crippen molar-refractivity contribution in [1.29, 1.82) is 0 Å². The topological polar surface area (TPSA) is 0 Å². The van der Waals surface area contributed by atoms with Crippen LogP contribution in [-0.4, -0.2) is 0 Å². The molecule has 0 aliphatic rings. The van der Waals surface area contributed by atoms with Crippen molar-refractivity contribution in [3.8, 4) is 0 Å². The molecule has 2 heteroatoms. The first-order valence-electron chi connectivity index (χ1n) is 4.17. The van der Waals surface area contributed by atoms with E-state index in [0.29, 0.717) is 0 Å². The van der Waals surface area contributed by atoms with Crippen LogP contribution in [0.1, 0.15) is 17.5 Å². The van der Waals surface area contributed by atoms with Gasteiger partial charge in [-0.25, -0.2) is 0 Å². The smallest absolute Gasteiger partial charge is 0.0180 e. The average molecular weight is 260 g/mol. The predicted octanol–water partition coefficient (Wildman–Crippen LogP) is 4.44. The SMILES string of the molecule is C=C(Cl)CCc1cc(C)cc(Br)c1. The van der Waals surface area contributed by atoms with Gasteiger partial charge in [-0.1, -0.05) is 40.2 Å². The maximum Gasteiger partial charge on any atom is 0.0180 e. The molecule has 0 fully saturated rings. The number of halogens is 2. The fourth-order valence-corrected chi connectivity index (χ4v) is 1.99. The van der Waals surface area contributed by atoms with E-state index in [9.17, 15) is 0 Å². The third-order valence-corrected chi connectivity index (χ3v) is 2.43. The molecule has 0 nitrogen and oxygen atoms in total. The van der Waals surface area contributed by atoms with Crippen LogP contribution in [0.4, 0.5) is 0 Å². The lowest BCUT2D eigenvalue weighted by Gasteiger charge is -2.02. The zero-order chi connectivity index (χ0) is 9.84. The van der Waals surface area contributed by atoms with Gasteiger partial charge < -0.3 is 0 Å². The fraction of sp³-hybridized carbons (Fsp3) is 0.273. The van der Waals surface area contributed by atoms with Gasteiger partial charge in [0.25, 0.3) is 0 Å². The van der Waals surface area contributed by atoms with E-state index in [1.54, 1.807) is 0 Å². The molecule has 70 valence electrons. The Morgan fingerprint density at radius 1 is 1.46 bits per heavy atom. The highest BCUT2D eigenvalue weighted by atomic mass is 79.9. The molecule has 0 atom stereocenters. The minimum absolute atomic E-state index is 0.720. The summed E-state index contributed by atoms with van der Waals surface area (Å²) in [5.41, 5.74) is 2.57. The van der Waals surface area contributed by atoms with Crippen LogP contribution in [-0.2, 0) is 6.42 Å². The Kier molecular flexibility index (Phi) is 4.01. The third kappa shape index (κ3) is 3.97. The fourth-order valence-electron chi connectivity index (χ4n) is 1.24. The molecule has 0 bridgehead atoms. The van der Waals surface area contributed by atoms with E-state index in [2.05, 4.69) is 47.6 Å². The van der Waals surface area contributed by atoms with Crippen molar-refractivity contribution in [1.82, 2.24) is 0 Å². The second-order valence-electron chi connectivity index (χ2n) is 3.15. The number of allylic oxidation sites excluding steroid dienone is 1. The van der Waals surface area contributed by atoms with E-state index < -0.39 is 0 Å². The van der Waals surface area contributed by atoms with Gasteiger partial charge in [0, 0.05) is 9.51 Å². The molecular formula is C11H12BrCl. The zero-order valence-corrected chi connectivity index (χ0v) is 9.95. The highest BCUT2D eigenvalue weighted by Crippen LogP contribution is 2.18. The Hall–Kier alpha value is -0.270. The molecule has 0 heterocycles. The van der Waals surface area contributed by atoms with Crippen LogP contribution in [0.5, 0.6) is 0 Å². The van der Waals surface area contributed by atoms with Crippen molar-refractivity contribution in [2.75, 3.05) is 0 Å². The van der Waals surface area contributed by atoms with Gasteiger partial charge >= 0.3 is 0 Å². The molecule has 0 aromatic heterocycles. The molecule has 0 radical (unpaired) electrons. The maximum atomic E-state index is 5.70. The molecule has 0 spiro atoms. The molecular weight excluding hydrogens is 247 g/mol. The van der Waals surface area contributed by atoms with Crippen molar-refractivity contribution >= 4 is 27.5 Å². The molecule has 0 saturated carbocycles. The molecule has 1 rings (SSSR count). The summed E-state index contributed by atoms with van der Waals surface area (Å²) in [7, 11) is 0. The van der Waals surface area contributed by atoms with Crippen molar-refractivity contribution < 1.29 is 0 Å². The van der Waals surface area contributed by atoms with E-state index in [1.807, 2.05) is 0 Å². The largest absolute Gasteiger partial charge is 0.0898 e. The van der Waals surface area contributed by atoms with Crippen LogP contribution >= 0.6 is 27.5 Å². The Morgan fingerprint density at radius 2 is 2.15 bits per heavy atom. The van der Waals surface area contributed by atoms with Gasteiger partial charge in [0.1, 0.15) is 0 Å². The summed E-state index contributed by atoms with van der Waals surface area (Å²) in [6, 6.07) is 6.39. The summed E-state index contributed by atoms with van der Waals surface area (Å²) in [6.07, 6.45) is 1.81. The van der Waals surface area contributed by atoms with Crippen molar-refractivity contribution in [3.63, 3.8) is 0 Å². The summed E-state index contributed by atoms with van der Waals surface area (Å²) < 4.78 is 1.13. The molecule has 0 saturated heterocycles. The van der Waals surface area contributed by atoms with E-state index in [0.717, 1.165) is 22.3 Å². The minimum Gasteiger partial charge on any atom is -0.0898 e. The lowest BCUT2D eigenvalue weighted by atomic mass is 10.1. The van der Waals surface area contributed by atoms with Crippen LogP contribution in [0.3, 0.4) is 0 Å². The van der Waals surface area contributed by atoms with Crippen LogP contribution in [0.15, 0.2) is 34.3 Å². The highest BCUT2D eigenvalue weighted by molar-refractivity contribution is 9.10. The van der Waals surface area contributed by atoms with Crippen molar-refractivity contribution in [2.45, 2.75) is 19.8 Å². The van der Waals surface area contributed by atoms with E-state index in [1.165, 1.54) is 11.1 Å². The van der Waals surface area contributed by atoms with Crippen LogP contribution in [0.2, 0.25) is 0 Å². The van der Waals surface area contributed by atoms with Gasteiger partial charge in [0.15, 0.2) is 0 Å². The molecule has 0 unspecified atom stereocenters. The number of hydrogen-bond donors (Lipinski definition) is 0. The van der Waals surface area contributed by atoms with Crippen molar-refractivity contribution in [2.24, 2.45) is 0 Å². The number of benzene rings is 1. The molecule has 1 aromatic carbocycles. The monoisotopic (exact) mass is 258 g/mol. The van der Waals surface area contributed by atoms with Crippen LogP contribution in [0.25, 0.3) is 0 Å². The summed E-state index contributed by atoms with van der Waals surface area (Å²) in [6.45, 7) is 5.76. The van der Waals surface area contributed by atoms with Gasteiger partial charge in [0.05, 0.1) is 0 Å². The van der Waals surface area contributed by atoms with E-state index in [-0.39, 0.29) is 0 Å². The van der Waals surface area contributed by atoms with E-state index in [4.69, 9.17) is 11.6 Å². The third-order valence-electron chi connectivity index (χ3n) is 1.79. The molecule has 1 aromatic rings. The van der Waals surface area contributed by atoms with Gasteiger partial charge in [-0.05, 0) is 43.0 Å². The number of aryl methyl sites for hydroxylation is 2. The second kappa shape index (κ2) is 4.83. The Balaban J connectivity index is 2.71. The first kappa shape index (κ1) is 10.8. The minimum atomic E-state index is 0.720. The maximum absolute atomic E-state index is 5.70. The first-order chi connectivity index (χ1) is 6.08. The summed E-state index contributed by atoms with van der Waals surface area (Å²) in [5.74, 6) is 0. The van der Waals surface area contributed by atoms with Gasteiger partial charge in [0.2, 0.25) is 0 Å². The number of hydrogen-bond acceptors (Lipinski definition) is 0. The summed E-state index contributed by atoms with van der Waals surface area (Å²) in [4.78, 5) is 0.